The Balaban J connectivity index is 2.69. The van der Waals surface area contributed by atoms with E-state index < -0.39 is 0 Å². The number of nitrogens with one attached hydrogen (secondary N) is 1. The molecule has 0 saturated carbocycles. The summed E-state index contributed by atoms with van der Waals surface area (Å²) in [5, 5.41) is 4.01. The van der Waals surface area contributed by atoms with Crippen LogP contribution in [-0.2, 0) is 6.42 Å². The molecule has 1 atom stereocenters. The molecule has 0 bridgehead atoms. The Bertz CT molecular complexity index is 367. The third-order valence-corrected chi connectivity index (χ3v) is 2.83. The van der Waals surface area contributed by atoms with Gasteiger partial charge in [-0.3, -0.25) is 5.32 Å². The van der Waals surface area contributed by atoms with Crippen molar-refractivity contribution in [3.63, 3.8) is 0 Å². The zero-order valence-corrected chi connectivity index (χ0v) is 10.2. The van der Waals surface area contributed by atoms with Gasteiger partial charge in [0.15, 0.2) is 0 Å². The average Bonchev–Trinajstić information content (AvgIpc) is 2.30. The predicted octanol–water partition coefficient (Wildman–Crippen LogP) is 1.82. The molecule has 3 heteroatoms. The van der Waals surface area contributed by atoms with Gasteiger partial charge in [-0.1, -0.05) is 29.7 Å². The molecule has 0 fully saturated rings. The quantitative estimate of drug-likeness (QED) is 0.766. The van der Waals surface area contributed by atoms with Crippen molar-refractivity contribution >= 4 is 11.6 Å². The van der Waals surface area contributed by atoms with E-state index in [-0.39, 0.29) is 5.54 Å². The van der Waals surface area contributed by atoms with Crippen LogP contribution in [0.5, 0.6) is 0 Å². The number of hydrogen-bond acceptors (Lipinski definition) is 2. The van der Waals surface area contributed by atoms with E-state index in [9.17, 15) is 0 Å². The molecule has 0 aliphatic heterocycles. The number of rotatable bonds is 5. The number of nitrogens with two attached hydrogens (primary N) is 1. The first-order valence-corrected chi connectivity index (χ1v) is 5.60. The fourth-order valence-electron chi connectivity index (χ4n) is 1.52. The Morgan fingerprint density at radius 1 is 1.44 bits per heavy atom. The molecule has 1 aromatic rings. The van der Waals surface area contributed by atoms with Crippen LogP contribution in [0.3, 0.4) is 0 Å². The maximum Gasteiger partial charge on any atom is 0.0578 e. The van der Waals surface area contributed by atoms with Gasteiger partial charge in [0.2, 0.25) is 0 Å². The standard InChI is InChI=1S/C13H17ClN2/c1-3-8-16-13(2,10-15)9-11-4-6-12(14)7-5-11/h1,4-7,16H,8-10,15H2,2H3. The van der Waals surface area contributed by atoms with Gasteiger partial charge in [-0.15, -0.1) is 6.42 Å². The topological polar surface area (TPSA) is 38.0 Å². The van der Waals surface area contributed by atoms with Gasteiger partial charge >= 0.3 is 0 Å². The van der Waals surface area contributed by atoms with Gasteiger partial charge in [0.05, 0.1) is 6.54 Å². The van der Waals surface area contributed by atoms with E-state index in [4.69, 9.17) is 23.8 Å². The highest BCUT2D eigenvalue weighted by molar-refractivity contribution is 6.30. The lowest BCUT2D eigenvalue weighted by Gasteiger charge is -2.28. The largest absolute Gasteiger partial charge is 0.329 e. The summed E-state index contributed by atoms with van der Waals surface area (Å²) in [5.74, 6) is 2.56. The lowest BCUT2D eigenvalue weighted by Crippen LogP contribution is -2.50. The lowest BCUT2D eigenvalue weighted by atomic mass is 9.93. The fourth-order valence-corrected chi connectivity index (χ4v) is 1.65. The second-order valence-corrected chi connectivity index (χ2v) is 4.56. The maximum atomic E-state index is 5.83. The highest BCUT2D eigenvalue weighted by atomic mass is 35.5. The second-order valence-electron chi connectivity index (χ2n) is 4.13. The normalized spacial score (nSPS) is 14.1. The van der Waals surface area contributed by atoms with Gasteiger partial charge in [-0.05, 0) is 31.0 Å². The van der Waals surface area contributed by atoms with Gasteiger partial charge in [-0.2, -0.15) is 0 Å². The van der Waals surface area contributed by atoms with Gasteiger partial charge in [-0.25, -0.2) is 0 Å². The lowest BCUT2D eigenvalue weighted by molar-refractivity contribution is 0.380. The molecule has 0 aliphatic rings. The third kappa shape index (κ3) is 3.86. The molecule has 1 unspecified atom stereocenters. The number of halogens is 1. The summed E-state index contributed by atoms with van der Waals surface area (Å²) in [6, 6.07) is 7.78. The fraction of sp³-hybridized carbons (Fsp3) is 0.385. The summed E-state index contributed by atoms with van der Waals surface area (Å²) in [6.45, 7) is 3.14. The first-order chi connectivity index (χ1) is 7.59. The van der Waals surface area contributed by atoms with Crippen molar-refractivity contribution in [1.29, 1.82) is 0 Å². The number of terminal acetylenes is 1. The van der Waals surface area contributed by atoms with Crippen LogP contribution < -0.4 is 11.1 Å². The van der Waals surface area contributed by atoms with E-state index in [1.165, 1.54) is 5.56 Å². The van der Waals surface area contributed by atoms with E-state index >= 15 is 0 Å². The molecule has 0 amide bonds. The molecule has 0 saturated heterocycles. The van der Waals surface area contributed by atoms with Gasteiger partial charge in [0, 0.05) is 17.1 Å². The van der Waals surface area contributed by atoms with E-state index in [0.717, 1.165) is 11.4 Å². The molecule has 2 nitrogen and oxygen atoms in total. The Kier molecular flexibility index (Phi) is 4.82. The molecule has 0 radical (unpaired) electrons. The van der Waals surface area contributed by atoms with Gasteiger partial charge in [0.25, 0.3) is 0 Å². The van der Waals surface area contributed by atoms with E-state index in [1.54, 1.807) is 0 Å². The van der Waals surface area contributed by atoms with Gasteiger partial charge in [0.1, 0.15) is 0 Å². The minimum Gasteiger partial charge on any atom is -0.329 e. The van der Waals surface area contributed by atoms with Crippen molar-refractivity contribution in [2.24, 2.45) is 5.73 Å². The van der Waals surface area contributed by atoms with Crippen molar-refractivity contribution in [2.75, 3.05) is 13.1 Å². The van der Waals surface area contributed by atoms with Crippen molar-refractivity contribution in [2.45, 2.75) is 18.9 Å². The Hall–Kier alpha value is -1.01. The third-order valence-electron chi connectivity index (χ3n) is 2.58. The number of benzene rings is 1. The molecule has 0 aromatic heterocycles. The van der Waals surface area contributed by atoms with Gasteiger partial charge < -0.3 is 5.73 Å². The molecular formula is C13H17ClN2. The first kappa shape index (κ1) is 13.1. The summed E-state index contributed by atoms with van der Waals surface area (Å²) >= 11 is 5.83. The predicted molar refractivity (Wildman–Crippen MR) is 69.5 cm³/mol. The summed E-state index contributed by atoms with van der Waals surface area (Å²) in [5.41, 5.74) is 6.80. The van der Waals surface area contributed by atoms with Crippen molar-refractivity contribution < 1.29 is 0 Å². The van der Waals surface area contributed by atoms with E-state index in [1.807, 2.05) is 24.3 Å². The SMILES string of the molecule is C#CCNC(C)(CN)Cc1ccc(Cl)cc1. The Morgan fingerprint density at radius 3 is 2.56 bits per heavy atom. The van der Waals surface area contributed by atoms with Crippen LogP contribution in [-0.4, -0.2) is 18.6 Å². The first-order valence-electron chi connectivity index (χ1n) is 5.23. The minimum atomic E-state index is -0.166. The van der Waals surface area contributed by atoms with Crippen LogP contribution in [0.4, 0.5) is 0 Å². The van der Waals surface area contributed by atoms with Crippen LogP contribution in [0.15, 0.2) is 24.3 Å². The summed E-state index contributed by atoms with van der Waals surface area (Å²) in [6.07, 6.45) is 6.07. The molecule has 0 spiro atoms. The second kappa shape index (κ2) is 5.91. The highest BCUT2D eigenvalue weighted by Gasteiger charge is 2.21. The minimum absolute atomic E-state index is 0.166. The van der Waals surface area contributed by atoms with Crippen LogP contribution in [0.2, 0.25) is 5.02 Å². The molecule has 86 valence electrons. The molecule has 0 aliphatic carbocycles. The van der Waals surface area contributed by atoms with Crippen molar-refractivity contribution in [1.82, 2.24) is 5.32 Å². The van der Waals surface area contributed by atoms with Crippen molar-refractivity contribution in [3.05, 3.63) is 34.9 Å². The maximum absolute atomic E-state index is 5.83. The monoisotopic (exact) mass is 236 g/mol. The zero-order valence-electron chi connectivity index (χ0n) is 9.46. The average molecular weight is 237 g/mol. The highest BCUT2D eigenvalue weighted by Crippen LogP contribution is 2.15. The van der Waals surface area contributed by atoms with E-state index in [0.29, 0.717) is 13.1 Å². The van der Waals surface area contributed by atoms with Crippen LogP contribution in [0.1, 0.15) is 12.5 Å². The molecule has 3 N–H and O–H groups in total. The smallest absolute Gasteiger partial charge is 0.0578 e. The Morgan fingerprint density at radius 2 is 2.06 bits per heavy atom. The van der Waals surface area contributed by atoms with Crippen LogP contribution in [0, 0.1) is 12.3 Å². The molecule has 0 heterocycles. The van der Waals surface area contributed by atoms with Crippen molar-refractivity contribution in [3.8, 4) is 12.3 Å². The molecule has 16 heavy (non-hydrogen) atoms. The molecule has 1 rings (SSSR count). The summed E-state index contributed by atoms with van der Waals surface area (Å²) < 4.78 is 0. The summed E-state index contributed by atoms with van der Waals surface area (Å²) in [4.78, 5) is 0. The Labute approximate surface area is 102 Å². The molecular weight excluding hydrogens is 220 g/mol. The summed E-state index contributed by atoms with van der Waals surface area (Å²) in [7, 11) is 0. The number of hydrogen-bond donors (Lipinski definition) is 2. The zero-order chi connectivity index (χ0) is 12.0. The van der Waals surface area contributed by atoms with E-state index in [2.05, 4.69) is 18.2 Å². The van der Waals surface area contributed by atoms with Crippen LogP contribution in [0.25, 0.3) is 0 Å². The van der Waals surface area contributed by atoms with Crippen LogP contribution >= 0.6 is 11.6 Å². The molecule has 1 aromatic carbocycles.